The van der Waals surface area contributed by atoms with Gasteiger partial charge in [0, 0.05) is 12.4 Å². The Morgan fingerprint density at radius 1 is 1.50 bits per heavy atom. The number of nitrogens with zero attached hydrogens (tertiary/aromatic N) is 1. The third kappa shape index (κ3) is 1.16. The first-order chi connectivity index (χ1) is 6.74. The summed E-state index contributed by atoms with van der Waals surface area (Å²) in [6.07, 6.45) is 1.67. The summed E-state index contributed by atoms with van der Waals surface area (Å²) in [5.74, 6) is -0.0745. The van der Waals surface area contributed by atoms with Crippen LogP contribution in [-0.4, -0.2) is 23.2 Å². The first-order valence-electron chi connectivity index (χ1n) is 4.39. The summed E-state index contributed by atoms with van der Waals surface area (Å²) in [5, 5.41) is 10.2. The van der Waals surface area contributed by atoms with Crippen LogP contribution in [0.25, 0.3) is 10.9 Å². The number of hydrogen-bond acceptors (Lipinski definition) is 2. The highest BCUT2D eigenvalue weighted by Gasteiger charge is 2.12. The fraction of sp³-hybridized carbons (Fsp3) is 0.200. The molecule has 4 heteroatoms. The highest BCUT2D eigenvalue weighted by atomic mass is 16.1. The molecule has 1 aromatic carbocycles. The van der Waals surface area contributed by atoms with Crippen LogP contribution >= 0.6 is 0 Å². The van der Waals surface area contributed by atoms with Crippen molar-refractivity contribution >= 4 is 16.8 Å². The lowest BCUT2D eigenvalue weighted by atomic mass is 10.0. The van der Waals surface area contributed by atoms with Crippen molar-refractivity contribution in [2.24, 2.45) is 0 Å². The van der Waals surface area contributed by atoms with Crippen LogP contribution in [0.5, 0.6) is 0 Å². The SMILES string of the molecule is CNC(=O)c1c(C)ccc2[nH]ncc12. The van der Waals surface area contributed by atoms with Crippen molar-refractivity contribution in [3.8, 4) is 0 Å². The summed E-state index contributed by atoms with van der Waals surface area (Å²) in [7, 11) is 1.63. The zero-order valence-corrected chi connectivity index (χ0v) is 8.09. The highest BCUT2D eigenvalue weighted by molar-refractivity contribution is 6.07. The molecule has 1 amide bonds. The number of carbonyl (C=O) groups excluding carboxylic acids is 1. The van der Waals surface area contributed by atoms with Crippen LogP contribution < -0.4 is 5.32 Å². The molecule has 0 bridgehead atoms. The van der Waals surface area contributed by atoms with Crippen molar-refractivity contribution in [3.05, 3.63) is 29.5 Å². The Morgan fingerprint density at radius 2 is 2.29 bits per heavy atom. The number of aryl methyl sites for hydroxylation is 1. The minimum atomic E-state index is -0.0745. The molecule has 0 unspecified atom stereocenters. The van der Waals surface area contributed by atoms with Crippen molar-refractivity contribution in [2.45, 2.75) is 6.92 Å². The summed E-state index contributed by atoms with van der Waals surface area (Å²) in [6, 6.07) is 3.83. The van der Waals surface area contributed by atoms with Gasteiger partial charge in [-0.05, 0) is 18.6 Å². The van der Waals surface area contributed by atoms with Gasteiger partial charge in [-0.2, -0.15) is 5.10 Å². The molecule has 0 spiro atoms. The normalized spacial score (nSPS) is 10.4. The largest absolute Gasteiger partial charge is 0.355 e. The van der Waals surface area contributed by atoms with Crippen LogP contribution in [0, 0.1) is 6.92 Å². The second-order valence-electron chi connectivity index (χ2n) is 3.17. The van der Waals surface area contributed by atoms with Crippen LogP contribution in [0.2, 0.25) is 0 Å². The predicted molar refractivity (Wildman–Crippen MR) is 54.2 cm³/mol. The van der Waals surface area contributed by atoms with E-state index < -0.39 is 0 Å². The van der Waals surface area contributed by atoms with Gasteiger partial charge in [-0.15, -0.1) is 0 Å². The van der Waals surface area contributed by atoms with E-state index >= 15 is 0 Å². The third-order valence-corrected chi connectivity index (χ3v) is 2.29. The molecular formula is C10H11N3O. The van der Waals surface area contributed by atoms with Crippen LogP contribution in [0.15, 0.2) is 18.3 Å². The lowest BCUT2D eigenvalue weighted by Crippen LogP contribution is -2.19. The second kappa shape index (κ2) is 3.14. The molecule has 14 heavy (non-hydrogen) atoms. The fourth-order valence-electron chi connectivity index (χ4n) is 1.55. The van der Waals surface area contributed by atoms with Crippen LogP contribution in [0.1, 0.15) is 15.9 Å². The van der Waals surface area contributed by atoms with Gasteiger partial charge in [0.1, 0.15) is 0 Å². The van der Waals surface area contributed by atoms with Crippen LogP contribution in [-0.2, 0) is 0 Å². The maximum absolute atomic E-state index is 11.6. The molecule has 1 heterocycles. The quantitative estimate of drug-likeness (QED) is 0.708. The average molecular weight is 189 g/mol. The van der Waals surface area contributed by atoms with E-state index in [1.54, 1.807) is 13.2 Å². The lowest BCUT2D eigenvalue weighted by molar-refractivity contribution is 0.0964. The molecule has 0 aliphatic heterocycles. The molecule has 0 aliphatic carbocycles. The molecule has 72 valence electrons. The molecule has 0 saturated heterocycles. The molecule has 0 saturated carbocycles. The minimum absolute atomic E-state index is 0.0745. The predicted octanol–water partition coefficient (Wildman–Crippen LogP) is 1.23. The number of hydrogen-bond donors (Lipinski definition) is 2. The van der Waals surface area contributed by atoms with Crippen molar-refractivity contribution < 1.29 is 4.79 Å². The first-order valence-corrected chi connectivity index (χ1v) is 4.39. The summed E-state index contributed by atoms with van der Waals surface area (Å²) < 4.78 is 0. The lowest BCUT2D eigenvalue weighted by Gasteiger charge is -2.04. The summed E-state index contributed by atoms with van der Waals surface area (Å²) in [6.45, 7) is 1.91. The minimum Gasteiger partial charge on any atom is -0.355 e. The molecule has 0 radical (unpaired) electrons. The molecule has 1 aromatic heterocycles. The van der Waals surface area contributed by atoms with Gasteiger partial charge in [0.15, 0.2) is 0 Å². The molecule has 2 aromatic rings. The number of nitrogens with one attached hydrogen (secondary N) is 2. The number of amides is 1. The molecule has 2 N–H and O–H groups in total. The van der Waals surface area contributed by atoms with Crippen molar-refractivity contribution in [1.82, 2.24) is 15.5 Å². The van der Waals surface area contributed by atoms with E-state index in [0.717, 1.165) is 16.5 Å². The van der Waals surface area contributed by atoms with Crippen LogP contribution in [0.4, 0.5) is 0 Å². The van der Waals surface area contributed by atoms with Gasteiger partial charge in [-0.25, -0.2) is 0 Å². The van der Waals surface area contributed by atoms with E-state index in [4.69, 9.17) is 0 Å². The third-order valence-electron chi connectivity index (χ3n) is 2.29. The van der Waals surface area contributed by atoms with Crippen molar-refractivity contribution in [2.75, 3.05) is 7.05 Å². The Hall–Kier alpha value is -1.84. The molecule has 0 aliphatic rings. The van der Waals surface area contributed by atoms with Crippen molar-refractivity contribution in [1.29, 1.82) is 0 Å². The van der Waals surface area contributed by atoms with E-state index in [0.29, 0.717) is 5.56 Å². The zero-order chi connectivity index (χ0) is 10.1. The molecule has 4 nitrogen and oxygen atoms in total. The van der Waals surface area contributed by atoms with Gasteiger partial charge in [-0.3, -0.25) is 9.89 Å². The Bertz CT molecular complexity index is 487. The number of fused-ring (bicyclic) bond motifs is 1. The van der Waals surface area contributed by atoms with Gasteiger partial charge >= 0.3 is 0 Å². The number of benzene rings is 1. The number of aromatic nitrogens is 2. The number of H-pyrrole nitrogens is 1. The summed E-state index contributed by atoms with van der Waals surface area (Å²) in [4.78, 5) is 11.6. The fourth-order valence-corrected chi connectivity index (χ4v) is 1.55. The Labute approximate surface area is 81.3 Å². The summed E-state index contributed by atoms with van der Waals surface area (Å²) in [5.41, 5.74) is 2.53. The molecule has 0 atom stereocenters. The van der Waals surface area contributed by atoms with Crippen molar-refractivity contribution in [3.63, 3.8) is 0 Å². The Balaban J connectivity index is 2.76. The maximum Gasteiger partial charge on any atom is 0.252 e. The smallest absolute Gasteiger partial charge is 0.252 e. The standard InChI is InChI=1S/C10H11N3O/c1-6-3-4-8-7(5-12-13-8)9(6)10(14)11-2/h3-5H,1-2H3,(H,11,14)(H,12,13). The zero-order valence-electron chi connectivity index (χ0n) is 8.09. The Morgan fingerprint density at radius 3 is 3.00 bits per heavy atom. The summed E-state index contributed by atoms with van der Waals surface area (Å²) >= 11 is 0. The average Bonchev–Trinajstić information content (AvgIpc) is 2.64. The Kier molecular flexibility index (Phi) is 1.96. The van der Waals surface area contributed by atoms with Gasteiger partial charge < -0.3 is 5.32 Å². The number of carbonyl (C=O) groups is 1. The number of aromatic amines is 1. The second-order valence-corrected chi connectivity index (χ2v) is 3.17. The highest BCUT2D eigenvalue weighted by Crippen LogP contribution is 2.19. The van der Waals surface area contributed by atoms with Gasteiger partial charge in [-0.1, -0.05) is 6.07 Å². The molecule has 0 fully saturated rings. The van der Waals surface area contributed by atoms with Gasteiger partial charge in [0.25, 0.3) is 5.91 Å². The first kappa shape index (κ1) is 8.74. The number of rotatable bonds is 1. The van der Waals surface area contributed by atoms with E-state index in [1.807, 2.05) is 19.1 Å². The van der Waals surface area contributed by atoms with E-state index in [2.05, 4.69) is 15.5 Å². The topological polar surface area (TPSA) is 57.8 Å². The van der Waals surface area contributed by atoms with Crippen LogP contribution in [0.3, 0.4) is 0 Å². The monoisotopic (exact) mass is 189 g/mol. The van der Waals surface area contributed by atoms with E-state index in [1.165, 1.54) is 0 Å². The van der Waals surface area contributed by atoms with Gasteiger partial charge in [0.05, 0.1) is 17.3 Å². The molecule has 2 rings (SSSR count). The van der Waals surface area contributed by atoms with E-state index in [-0.39, 0.29) is 5.91 Å². The van der Waals surface area contributed by atoms with Gasteiger partial charge in [0.2, 0.25) is 0 Å². The molecular weight excluding hydrogens is 178 g/mol. The maximum atomic E-state index is 11.6. The van der Waals surface area contributed by atoms with E-state index in [9.17, 15) is 4.79 Å².